The van der Waals surface area contributed by atoms with Crippen LogP contribution in [-0.2, 0) is 16.3 Å². The minimum absolute atomic E-state index is 0.00683. The summed E-state index contributed by atoms with van der Waals surface area (Å²) in [4.78, 5) is 14.3. The third-order valence-corrected chi connectivity index (χ3v) is 3.71. The Balaban J connectivity index is 2.64. The molecule has 1 fully saturated rings. The fourth-order valence-electron chi connectivity index (χ4n) is 2.40. The van der Waals surface area contributed by atoms with Crippen LogP contribution in [-0.4, -0.2) is 6.08 Å². The van der Waals surface area contributed by atoms with Crippen molar-refractivity contribution in [3.8, 4) is 0 Å². The summed E-state index contributed by atoms with van der Waals surface area (Å²) in [6.45, 7) is 0.800. The van der Waals surface area contributed by atoms with Crippen LogP contribution < -0.4 is 0 Å². The summed E-state index contributed by atoms with van der Waals surface area (Å²) in [6, 6.07) is 4.60. The maximum atomic E-state index is 13.7. The van der Waals surface area contributed by atoms with E-state index in [1.165, 1.54) is 12.1 Å². The smallest absolute Gasteiger partial charge is 0.211 e. The molecule has 1 aliphatic carbocycles. The number of rotatable bonds is 3. The SMILES string of the molecule is CC(F)(F)c1c(Cl)cccc1C1(N=C=O)CCC1. The number of hydrogen-bond acceptors (Lipinski definition) is 2. The molecule has 18 heavy (non-hydrogen) atoms. The molecule has 1 saturated carbocycles. The van der Waals surface area contributed by atoms with E-state index < -0.39 is 11.5 Å². The fourth-order valence-corrected chi connectivity index (χ4v) is 2.74. The molecule has 0 unspecified atom stereocenters. The van der Waals surface area contributed by atoms with Crippen molar-refractivity contribution in [3.63, 3.8) is 0 Å². The van der Waals surface area contributed by atoms with E-state index in [9.17, 15) is 13.6 Å². The zero-order chi connectivity index (χ0) is 13.4. The summed E-state index contributed by atoms with van der Waals surface area (Å²) in [7, 11) is 0. The molecule has 1 aromatic rings. The number of hydrogen-bond donors (Lipinski definition) is 0. The van der Waals surface area contributed by atoms with E-state index in [-0.39, 0.29) is 10.6 Å². The lowest BCUT2D eigenvalue weighted by atomic mass is 9.70. The first-order valence-electron chi connectivity index (χ1n) is 5.67. The predicted octanol–water partition coefficient (Wildman–Crippen LogP) is 4.17. The quantitative estimate of drug-likeness (QED) is 0.599. The minimum atomic E-state index is -3.06. The molecule has 1 aromatic carbocycles. The van der Waals surface area contributed by atoms with Crippen molar-refractivity contribution in [2.45, 2.75) is 37.6 Å². The first-order chi connectivity index (χ1) is 8.41. The van der Waals surface area contributed by atoms with Crippen molar-refractivity contribution >= 4 is 17.7 Å². The first-order valence-corrected chi connectivity index (χ1v) is 6.05. The fraction of sp³-hybridized carbons (Fsp3) is 0.462. The van der Waals surface area contributed by atoms with Gasteiger partial charge in [0.25, 0.3) is 5.92 Å². The largest absolute Gasteiger partial charge is 0.272 e. The highest BCUT2D eigenvalue weighted by molar-refractivity contribution is 6.31. The average molecular weight is 272 g/mol. The number of nitrogens with zero attached hydrogens (tertiary/aromatic N) is 1. The van der Waals surface area contributed by atoms with Crippen molar-refractivity contribution in [2.24, 2.45) is 4.99 Å². The molecule has 5 heteroatoms. The van der Waals surface area contributed by atoms with Crippen molar-refractivity contribution < 1.29 is 13.6 Å². The van der Waals surface area contributed by atoms with Gasteiger partial charge < -0.3 is 0 Å². The Morgan fingerprint density at radius 3 is 2.56 bits per heavy atom. The maximum Gasteiger partial charge on any atom is 0.272 e. The van der Waals surface area contributed by atoms with E-state index in [1.54, 1.807) is 12.1 Å². The number of halogens is 3. The second-order valence-corrected chi connectivity index (χ2v) is 5.05. The number of carbonyl (C=O) groups excluding carboxylic acids is 1. The summed E-state index contributed by atoms with van der Waals surface area (Å²) in [5, 5.41) is 0.00683. The molecular formula is C13H12ClF2NO. The van der Waals surface area contributed by atoms with E-state index in [0.717, 1.165) is 13.3 Å². The zero-order valence-electron chi connectivity index (χ0n) is 9.84. The Bertz CT molecular complexity index is 514. The summed E-state index contributed by atoms with van der Waals surface area (Å²) in [5.41, 5.74) is -0.746. The molecule has 0 N–H and O–H groups in total. The minimum Gasteiger partial charge on any atom is -0.211 e. The van der Waals surface area contributed by atoms with E-state index in [0.29, 0.717) is 18.4 Å². The molecule has 1 aliphatic rings. The summed E-state index contributed by atoms with van der Waals surface area (Å²) >= 11 is 5.88. The van der Waals surface area contributed by atoms with Gasteiger partial charge in [-0.2, -0.15) is 4.99 Å². The highest BCUT2D eigenvalue weighted by Crippen LogP contribution is 2.50. The van der Waals surface area contributed by atoms with Crippen molar-refractivity contribution in [1.29, 1.82) is 0 Å². The van der Waals surface area contributed by atoms with E-state index in [4.69, 9.17) is 11.6 Å². The average Bonchev–Trinajstić information content (AvgIpc) is 2.21. The number of benzene rings is 1. The molecule has 0 heterocycles. The molecule has 0 saturated heterocycles. The van der Waals surface area contributed by atoms with Gasteiger partial charge in [0.1, 0.15) is 0 Å². The van der Waals surface area contributed by atoms with Gasteiger partial charge >= 0.3 is 0 Å². The molecule has 2 rings (SSSR count). The van der Waals surface area contributed by atoms with Gasteiger partial charge in [-0.15, -0.1) is 0 Å². The maximum absolute atomic E-state index is 13.7. The van der Waals surface area contributed by atoms with Crippen LogP contribution in [0.15, 0.2) is 23.2 Å². The van der Waals surface area contributed by atoms with Gasteiger partial charge in [-0.05, 0) is 30.9 Å². The number of aliphatic imine (C=N–C) groups is 1. The highest BCUT2D eigenvalue weighted by atomic mass is 35.5. The molecule has 0 aliphatic heterocycles. The monoisotopic (exact) mass is 271 g/mol. The van der Waals surface area contributed by atoms with Crippen LogP contribution in [0.2, 0.25) is 5.02 Å². The lowest BCUT2D eigenvalue weighted by Crippen LogP contribution is -2.34. The Kier molecular flexibility index (Phi) is 3.26. The standard InChI is InChI=1S/C13H12ClF2NO/c1-12(15,16)11-9(4-2-5-10(11)14)13(17-8-18)6-3-7-13/h2,4-5H,3,6-7H2,1H3. The zero-order valence-corrected chi connectivity index (χ0v) is 10.6. The van der Waals surface area contributed by atoms with Gasteiger partial charge in [-0.3, -0.25) is 0 Å². The summed E-state index contributed by atoms with van der Waals surface area (Å²) < 4.78 is 27.4. The Morgan fingerprint density at radius 1 is 1.44 bits per heavy atom. The molecule has 0 bridgehead atoms. The van der Waals surface area contributed by atoms with Crippen LogP contribution >= 0.6 is 11.6 Å². The number of alkyl halides is 2. The third kappa shape index (κ3) is 2.06. The lowest BCUT2D eigenvalue weighted by molar-refractivity contribution is 0.0143. The van der Waals surface area contributed by atoms with Crippen LogP contribution in [0.1, 0.15) is 37.3 Å². The van der Waals surface area contributed by atoms with Crippen molar-refractivity contribution in [2.75, 3.05) is 0 Å². The lowest BCUT2D eigenvalue weighted by Gasteiger charge is -2.39. The Hall–Kier alpha value is -1.25. The van der Waals surface area contributed by atoms with Gasteiger partial charge in [0, 0.05) is 12.5 Å². The molecule has 96 valence electrons. The van der Waals surface area contributed by atoms with Crippen LogP contribution in [0.4, 0.5) is 8.78 Å². The Morgan fingerprint density at radius 2 is 2.11 bits per heavy atom. The van der Waals surface area contributed by atoms with Crippen molar-refractivity contribution in [3.05, 3.63) is 34.3 Å². The van der Waals surface area contributed by atoms with Gasteiger partial charge in [0.2, 0.25) is 6.08 Å². The Labute approximate surface area is 109 Å². The van der Waals surface area contributed by atoms with E-state index in [1.807, 2.05) is 0 Å². The van der Waals surface area contributed by atoms with Gasteiger partial charge in [0.05, 0.1) is 10.6 Å². The molecule has 2 nitrogen and oxygen atoms in total. The molecule has 0 radical (unpaired) electrons. The molecular weight excluding hydrogens is 260 g/mol. The number of isocyanates is 1. The molecule has 0 amide bonds. The topological polar surface area (TPSA) is 29.4 Å². The molecule has 0 aromatic heterocycles. The molecule has 0 atom stereocenters. The van der Waals surface area contributed by atoms with Crippen LogP contribution in [0, 0.1) is 0 Å². The first kappa shape index (κ1) is 13.2. The van der Waals surface area contributed by atoms with Crippen molar-refractivity contribution in [1.82, 2.24) is 0 Å². The highest BCUT2D eigenvalue weighted by Gasteiger charge is 2.44. The summed E-state index contributed by atoms with van der Waals surface area (Å²) in [6.07, 6.45) is 3.50. The summed E-state index contributed by atoms with van der Waals surface area (Å²) in [5.74, 6) is -3.06. The molecule has 0 spiro atoms. The second-order valence-electron chi connectivity index (χ2n) is 4.64. The second kappa shape index (κ2) is 4.45. The normalized spacial score (nSPS) is 17.8. The van der Waals surface area contributed by atoms with Crippen LogP contribution in [0.3, 0.4) is 0 Å². The third-order valence-electron chi connectivity index (χ3n) is 3.39. The van der Waals surface area contributed by atoms with E-state index >= 15 is 0 Å². The van der Waals surface area contributed by atoms with Gasteiger partial charge in [-0.1, -0.05) is 23.7 Å². The van der Waals surface area contributed by atoms with E-state index in [2.05, 4.69) is 4.99 Å². The van der Waals surface area contributed by atoms with Gasteiger partial charge in [0.15, 0.2) is 0 Å². The van der Waals surface area contributed by atoms with Crippen LogP contribution in [0.5, 0.6) is 0 Å². The predicted molar refractivity (Wildman–Crippen MR) is 64.7 cm³/mol. The van der Waals surface area contributed by atoms with Gasteiger partial charge in [-0.25, -0.2) is 13.6 Å². The van der Waals surface area contributed by atoms with Crippen LogP contribution in [0.25, 0.3) is 0 Å².